The van der Waals surface area contributed by atoms with E-state index in [-0.39, 0.29) is 10.5 Å². The minimum absolute atomic E-state index is 0.103. The standard InChI is InChI=1S/C20H22N2O4S3/c1-4-26-15-8-9-17-18(13-15)28-20(22(17)10-11-27-2)21-19(23)14-6-5-7-16(12-14)29(3,24)25/h5-9,12-13H,4,10-11H2,1-3H3. The van der Waals surface area contributed by atoms with Crippen molar-refractivity contribution in [3.8, 4) is 5.75 Å². The van der Waals surface area contributed by atoms with E-state index in [0.717, 1.165) is 28.0 Å². The molecular formula is C20H22N2O4S3. The second-order valence-corrected chi connectivity index (χ2v) is 10.3. The maximum absolute atomic E-state index is 12.8. The van der Waals surface area contributed by atoms with E-state index in [2.05, 4.69) is 4.99 Å². The number of hydrogen-bond acceptors (Lipinski definition) is 6. The molecule has 0 fully saturated rings. The first-order chi connectivity index (χ1) is 13.8. The van der Waals surface area contributed by atoms with Crippen LogP contribution in [-0.2, 0) is 16.4 Å². The fourth-order valence-corrected chi connectivity index (χ4v) is 4.92. The third kappa shape index (κ3) is 5.09. The molecule has 0 aliphatic carbocycles. The van der Waals surface area contributed by atoms with Gasteiger partial charge in [-0.15, -0.1) is 0 Å². The molecule has 0 bridgehead atoms. The van der Waals surface area contributed by atoms with Crippen molar-refractivity contribution in [3.05, 3.63) is 52.8 Å². The molecule has 1 amide bonds. The summed E-state index contributed by atoms with van der Waals surface area (Å²) < 4.78 is 32.1. The zero-order valence-corrected chi connectivity index (χ0v) is 18.9. The first-order valence-corrected chi connectivity index (χ1v) is 13.1. The molecule has 0 radical (unpaired) electrons. The summed E-state index contributed by atoms with van der Waals surface area (Å²) in [6, 6.07) is 11.8. The third-order valence-electron chi connectivity index (χ3n) is 4.19. The Morgan fingerprint density at radius 3 is 2.72 bits per heavy atom. The highest BCUT2D eigenvalue weighted by Gasteiger charge is 2.13. The Morgan fingerprint density at radius 2 is 2.03 bits per heavy atom. The van der Waals surface area contributed by atoms with Gasteiger partial charge in [0.25, 0.3) is 5.91 Å². The molecule has 9 heteroatoms. The molecule has 1 heterocycles. The Balaban J connectivity index is 2.09. The average Bonchev–Trinajstić information content (AvgIpc) is 3.02. The van der Waals surface area contributed by atoms with Gasteiger partial charge in [0.05, 0.1) is 21.7 Å². The third-order valence-corrected chi connectivity index (χ3v) is 6.93. The molecule has 154 valence electrons. The summed E-state index contributed by atoms with van der Waals surface area (Å²) >= 11 is 3.13. The molecule has 0 aliphatic rings. The normalized spacial score (nSPS) is 12.4. The number of nitrogens with zero attached hydrogens (tertiary/aromatic N) is 2. The van der Waals surface area contributed by atoms with Crippen molar-refractivity contribution in [3.63, 3.8) is 0 Å². The van der Waals surface area contributed by atoms with E-state index in [1.165, 1.54) is 23.5 Å². The van der Waals surface area contributed by atoms with E-state index in [1.807, 2.05) is 35.9 Å². The number of carbonyl (C=O) groups is 1. The lowest BCUT2D eigenvalue weighted by molar-refractivity contribution is 0.0997. The highest BCUT2D eigenvalue weighted by Crippen LogP contribution is 2.24. The van der Waals surface area contributed by atoms with Gasteiger partial charge in [-0.25, -0.2) is 8.42 Å². The van der Waals surface area contributed by atoms with Crippen LogP contribution < -0.4 is 9.54 Å². The molecule has 6 nitrogen and oxygen atoms in total. The molecule has 0 atom stereocenters. The molecule has 3 aromatic rings. The van der Waals surface area contributed by atoms with Gasteiger partial charge >= 0.3 is 0 Å². The van der Waals surface area contributed by atoms with Crippen LogP contribution in [0.1, 0.15) is 17.3 Å². The van der Waals surface area contributed by atoms with Gasteiger partial charge in [0.15, 0.2) is 14.6 Å². The molecule has 0 saturated carbocycles. The van der Waals surface area contributed by atoms with Gasteiger partial charge in [0, 0.05) is 24.1 Å². The fraction of sp³-hybridized carbons (Fsp3) is 0.300. The second kappa shape index (κ2) is 9.15. The highest BCUT2D eigenvalue weighted by atomic mass is 32.2. The van der Waals surface area contributed by atoms with E-state index in [0.29, 0.717) is 18.0 Å². The van der Waals surface area contributed by atoms with Gasteiger partial charge in [0.2, 0.25) is 0 Å². The summed E-state index contributed by atoms with van der Waals surface area (Å²) in [5, 5.41) is 0. The number of rotatable bonds is 7. The number of ether oxygens (including phenoxy) is 1. The summed E-state index contributed by atoms with van der Waals surface area (Å²) in [7, 11) is -3.40. The smallest absolute Gasteiger partial charge is 0.279 e. The van der Waals surface area contributed by atoms with E-state index in [9.17, 15) is 13.2 Å². The summed E-state index contributed by atoms with van der Waals surface area (Å²) in [6.07, 6.45) is 3.15. The molecule has 0 unspecified atom stereocenters. The molecule has 3 rings (SSSR count). The Kier molecular flexibility index (Phi) is 6.81. The van der Waals surface area contributed by atoms with Crippen molar-refractivity contribution < 1.29 is 17.9 Å². The van der Waals surface area contributed by atoms with Gasteiger partial charge < -0.3 is 9.30 Å². The molecule has 0 N–H and O–H groups in total. The van der Waals surface area contributed by atoms with Gasteiger partial charge in [-0.05, 0) is 49.6 Å². The van der Waals surface area contributed by atoms with Crippen molar-refractivity contribution in [2.45, 2.75) is 18.4 Å². The van der Waals surface area contributed by atoms with Crippen molar-refractivity contribution in [2.24, 2.45) is 4.99 Å². The minimum Gasteiger partial charge on any atom is -0.494 e. The Labute approximate surface area is 178 Å². The minimum atomic E-state index is -3.40. The van der Waals surface area contributed by atoms with Crippen molar-refractivity contribution in [1.82, 2.24) is 4.57 Å². The first-order valence-electron chi connectivity index (χ1n) is 8.97. The topological polar surface area (TPSA) is 77.7 Å². The van der Waals surface area contributed by atoms with Gasteiger partial charge in [-0.1, -0.05) is 17.4 Å². The van der Waals surface area contributed by atoms with Crippen LogP contribution in [0.2, 0.25) is 0 Å². The number of thioether (sulfide) groups is 1. The maximum Gasteiger partial charge on any atom is 0.279 e. The predicted octanol–water partition coefficient (Wildman–Crippen LogP) is 3.61. The summed E-state index contributed by atoms with van der Waals surface area (Å²) in [5.74, 6) is 1.19. The number of amides is 1. The largest absolute Gasteiger partial charge is 0.494 e. The van der Waals surface area contributed by atoms with Crippen molar-refractivity contribution in [2.75, 3.05) is 24.9 Å². The van der Waals surface area contributed by atoms with Crippen LogP contribution in [0.25, 0.3) is 10.2 Å². The first kappa shape index (κ1) is 21.6. The average molecular weight is 451 g/mol. The number of hydrogen-bond donors (Lipinski definition) is 0. The van der Waals surface area contributed by atoms with Crippen LogP contribution in [0, 0.1) is 0 Å². The van der Waals surface area contributed by atoms with E-state index in [1.54, 1.807) is 23.9 Å². The SMILES string of the molecule is CCOc1ccc2c(c1)sc(=NC(=O)c1cccc(S(C)(=O)=O)c1)n2CCSC. The number of carbonyl (C=O) groups excluding carboxylic acids is 1. The quantitative estimate of drug-likeness (QED) is 0.550. The lowest BCUT2D eigenvalue weighted by atomic mass is 10.2. The number of sulfone groups is 1. The highest BCUT2D eigenvalue weighted by molar-refractivity contribution is 7.98. The van der Waals surface area contributed by atoms with Gasteiger partial charge in [0.1, 0.15) is 5.75 Å². The van der Waals surface area contributed by atoms with Gasteiger partial charge in [-0.2, -0.15) is 16.8 Å². The number of benzene rings is 2. The van der Waals surface area contributed by atoms with Crippen LogP contribution in [0.4, 0.5) is 0 Å². The zero-order valence-electron chi connectivity index (χ0n) is 16.4. The maximum atomic E-state index is 12.8. The summed E-state index contributed by atoms with van der Waals surface area (Å²) in [6.45, 7) is 3.22. The Morgan fingerprint density at radius 1 is 1.24 bits per heavy atom. The molecule has 1 aromatic heterocycles. The molecular weight excluding hydrogens is 428 g/mol. The lowest BCUT2D eigenvalue weighted by Gasteiger charge is -2.05. The Hall–Kier alpha value is -2.10. The monoisotopic (exact) mass is 450 g/mol. The molecule has 0 aliphatic heterocycles. The van der Waals surface area contributed by atoms with Gasteiger partial charge in [-0.3, -0.25) is 4.79 Å². The van der Waals surface area contributed by atoms with Crippen LogP contribution in [0.5, 0.6) is 5.75 Å². The Bertz CT molecular complexity index is 1210. The van der Waals surface area contributed by atoms with Crippen LogP contribution in [-0.4, -0.2) is 43.8 Å². The van der Waals surface area contributed by atoms with Crippen LogP contribution >= 0.6 is 23.1 Å². The van der Waals surface area contributed by atoms with Crippen LogP contribution in [0.15, 0.2) is 52.4 Å². The molecule has 2 aromatic carbocycles. The van der Waals surface area contributed by atoms with Crippen molar-refractivity contribution in [1.29, 1.82) is 0 Å². The molecule has 0 spiro atoms. The number of thiazole rings is 1. The lowest BCUT2D eigenvalue weighted by Crippen LogP contribution is -2.18. The van der Waals surface area contributed by atoms with E-state index in [4.69, 9.17) is 4.74 Å². The fourth-order valence-electron chi connectivity index (χ4n) is 2.81. The number of fused-ring (bicyclic) bond motifs is 1. The summed E-state index contributed by atoms with van der Waals surface area (Å²) in [4.78, 5) is 17.8. The molecule has 0 saturated heterocycles. The second-order valence-electron chi connectivity index (χ2n) is 6.31. The zero-order chi connectivity index (χ0) is 21.0. The molecule has 29 heavy (non-hydrogen) atoms. The van der Waals surface area contributed by atoms with Crippen molar-refractivity contribution >= 4 is 49.1 Å². The van der Waals surface area contributed by atoms with E-state index >= 15 is 0 Å². The predicted molar refractivity (Wildman–Crippen MR) is 119 cm³/mol. The summed E-state index contributed by atoms with van der Waals surface area (Å²) in [5.41, 5.74) is 1.24. The van der Waals surface area contributed by atoms with E-state index < -0.39 is 15.7 Å². The van der Waals surface area contributed by atoms with Crippen LogP contribution in [0.3, 0.4) is 0 Å². The number of aromatic nitrogens is 1. The number of aryl methyl sites for hydroxylation is 1.